The van der Waals surface area contributed by atoms with Gasteiger partial charge in [-0.15, -0.1) is 0 Å². The van der Waals surface area contributed by atoms with Crippen LogP contribution in [0.25, 0.3) is 0 Å². The standard InChI is InChI=1S/C57H102O15/c1-3-5-7-9-11-13-15-17-19-20-21-22-23-24-26-28-30-32-34-36-38-40-49(60)70-45(42-67-48(59)39-37-35-33-31-29-27-25-18-16-14-12-10-8-6-4-2)43-68-56-55(66)53(64)51(62)47(72-56)44-69-57-54(65)52(63)50(61)46(41-58)71-57/h15,17-18,20-21,25,45-47,50-58,61-66H,3-14,16,19,22-24,26-44H2,1-2H3/b17-15-,21-20-,25-18-. The summed E-state index contributed by atoms with van der Waals surface area (Å²) in [5.74, 6) is -0.934. The molecule has 0 aromatic carbocycles. The number of rotatable bonds is 45. The van der Waals surface area contributed by atoms with Crippen molar-refractivity contribution in [3.8, 4) is 0 Å². The van der Waals surface area contributed by atoms with E-state index < -0.39 is 92.7 Å². The molecular weight excluding hydrogens is 925 g/mol. The first-order valence-electron chi connectivity index (χ1n) is 28.6. The smallest absolute Gasteiger partial charge is 0.306 e. The van der Waals surface area contributed by atoms with E-state index in [0.717, 1.165) is 77.0 Å². The quantitative estimate of drug-likeness (QED) is 0.0171. The minimum absolute atomic E-state index is 0.159. The Bertz CT molecular complexity index is 1390. The fourth-order valence-corrected chi connectivity index (χ4v) is 8.89. The molecule has 0 spiro atoms. The van der Waals surface area contributed by atoms with Gasteiger partial charge in [-0.2, -0.15) is 0 Å². The first kappa shape index (κ1) is 65.8. The van der Waals surface area contributed by atoms with Gasteiger partial charge in [-0.1, -0.05) is 172 Å². The first-order valence-corrected chi connectivity index (χ1v) is 28.6. The van der Waals surface area contributed by atoms with Crippen molar-refractivity contribution in [3.05, 3.63) is 36.5 Å². The van der Waals surface area contributed by atoms with Gasteiger partial charge >= 0.3 is 11.9 Å². The second kappa shape index (κ2) is 43.9. The van der Waals surface area contributed by atoms with Crippen LogP contribution in [-0.2, 0) is 38.0 Å². The SMILES string of the molecule is CCCCCCC/C=C\C/C=C\CCCCCCCCCCCC(=O)OC(COC(=O)CCCCCCC/C=C\CCCCCCCC)COC1OC(COC2OC(CO)C(O)C(O)C2O)C(O)C(O)C1O. The van der Waals surface area contributed by atoms with Crippen molar-refractivity contribution in [2.75, 3.05) is 26.4 Å². The molecule has 0 amide bonds. The van der Waals surface area contributed by atoms with E-state index in [9.17, 15) is 45.3 Å². The van der Waals surface area contributed by atoms with Crippen LogP contribution in [0.1, 0.15) is 219 Å². The number of carbonyl (C=O) groups is 2. The Morgan fingerprint density at radius 1 is 0.444 bits per heavy atom. The van der Waals surface area contributed by atoms with Gasteiger partial charge in [-0.25, -0.2) is 0 Å². The van der Waals surface area contributed by atoms with E-state index in [-0.39, 0.29) is 26.1 Å². The van der Waals surface area contributed by atoms with Crippen LogP contribution >= 0.6 is 0 Å². The van der Waals surface area contributed by atoms with Crippen LogP contribution in [0.15, 0.2) is 36.5 Å². The molecule has 72 heavy (non-hydrogen) atoms. The zero-order valence-corrected chi connectivity index (χ0v) is 44.7. The van der Waals surface area contributed by atoms with Gasteiger partial charge in [0.1, 0.15) is 55.4 Å². The van der Waals surface area contributed by atoms with E-state index in [1.54, 1.807) is 0 Å². The Kier molecular flexibility index (Phi) is 40.1. The van der Waals surface area contributed by atoms with E-state index >= 15 is 0 Å². The fraction of sp³-hybridized carbons (Fsp3) is 0.860. The van der Waals surface area contributed by atoms with Gasteiger partial charge in [0, 0.05) is 12.8 Å². The number of carbonyl (C=O) groups excluding carboxylic acids is 2. The van der Waals surface area contributed by atoms with Gasteiger partial charge in [-0.3, -0.25) is 9.59 Å². The molecule has 420 valence electrons. The minimum Gasteiger partial charge on any atom is -0.462 e. The number of allylic oxidation sites excluding steroid dienone is 6. The van der Waals surface area contributed by atoms with Crippen LogP contribution < -0.4 is 0 Å². The summed E-state index contributed by atoms with van der Waals surface area (Å²) in [5, 5.41) is 72.2. The van der Waals surface area contributed by atoms with Crippen molar-refractivity contribution >= 4 is 11.9 Å². The summed E-state index contributed by atoms with van der Waals surface area (Å²) in [6, 6.07) is 0. The zero-order valence-electron chi connectivity index (χ0n) is 44.7. The molecule has 15 nitrogen and oxygen atoms in total. The second-order valence-corrected chi connectivity index (χ2v) is 20.1. The van der Waals surface area contributed by atoms with Gasteiger partial charge < -0.3 is 64.2 Å². The Hall–Kier alpha value is -2.28. The number of hydrogen-bond acceptors (Lipinski definition) is 15. The summed E-state index contributed by atoms with van der Waals surface area (Å²) in [6.07, 6.45) is 31.6. The van der Waals surface area contributed by atoms with E-state index in [0.29, 0.717) is 12.8 Å². The monoisotopic (exact) mass is 1030 g/mol. The number of unbranched alkanes of at least 4 members (excludes halogenated alkanes) is 25. The first-order chi connectivity index (χ1) is 35.0. The lowest BCUT2D eigenvalue weighted by Crippen LogP contribution is -2.61. The van der Waals surface area contributed by atoms with Crippen molar-refractivity contribution in [2.24, 2.45) is 0 Å². The Morgan fingerprint density at radius 3 is 1.31 bits per heavy atom. The van der Waals surface area contributed by atoms with Gasteiger partial charge in [0.25, 0.3) is 0 Å². The second-order valence-electron chi connectivity index (χ2n) is 20.1. The van der Waals surface area contributed by atoms with Crippen molar-refractivity contribution < 1.29 is 73.8 Å². The molecule has 2 saturated heterocycles. The maximum Gasteiger partial charge on any atom is 0.306 e. The zero-order chi connectivity index (χ0) is 52.4. The molecule has 0 aromatic rings. The molecule has 2 fully saturated rings. The van der Waals surface area contributed by atoms with Gasteiger partial charge in [0.05, 0.1) is 19.8 Å². The third-order valence-electron chi connectivity index (χ3n) is 13.6. The highest BCUT2D eigenvalue weighted by Gasteiger charge is 2.47. The average Bonchev–Trinajstić information content (AvgIpc) is 3.37. The van der Waals surface area contributed by atoms with E-state index in [1.807, 2.05) is 0 Å². The Labute approximate surface area is 434 Å². The van der Waals surface area contributed by atoms with Crippen LogP contribution in [0.3, 0.4) is 0 Å². The van der Waals surface area contributed by atoms with Crippen LogP contribution in [-0.4, -0.2) is 142 Å². The van der Waals surface area contributed by atoms with Crippen LogP contribution in [0.5, 0.6) is 0 Å². The lowest BCUT2D eigenvalue weighted by Gasteiger charge is -2.42. The lowest BCUT2D eigenvalue weighted by atomic mass is 9.98. The molecule has 2 aliphatic rings. The summed E-state index contributed by atoms with van der Waals surface area (Å²) in [6.45, 7) is 2.59. The average molecular weight is 1030 g/mol. The summed E-state index contributed by atoms with van der Waals surface area (Å²) in [5.41, 5.74) is 0. The molecule has 0 aliphatic carbocycles. The molecule has 2 heterocycles. The van der Waals surface area contributed by atoms with E-state index in [2.05, 4.69) is 50.3 Å². The van der Waals surface area contributed by atoms with Crippen LogP contribution in [0.4, 0.5) is 0 Å². The summed E-state index contributed by atoms with van der Waals surface area (Å²) in [7, 11) is 0. The largest absolute Gasteiger partial charge is 0.462 e. The highest BCUT2D eigenvalue weighted by Crippen LogP contribution is 2.27. The normalized spacial score (nSPS) is 25.2. The molecule has 0 aromatic heterocycles. The third-order valence-corrected chi connectivity index (χ3v) is 13.6. The Balaban J connectivity index is 1.76. The highest BCUT2D eigenvalue weighted by atomic mass is 16.7. The lowest BCUT2D eigenvalue weighted by molar-refractivity contribution is -0.332. The summed E-state index contributed by atoms with van der Waals surface area (Å²) in [4.78, 5) is 25.9. The number of hydrogen-bond donors (Lipinski definition) is 7. The van der Waals surface area contributed by atoms with Crippen molar-refractivity contribution in [2.45, 2.75) is 287 Å². The molecule has 0 bridgehead atoms. The third kappa shape index (κ3) is 30.9. The van der Waals surface area contributed by atoms with Crippen LogP contribution in [0, 0.1) is 0 Å². The number of aliphatic hydroxyl groups excluding tert-OH is 7. The predicted octanol–water partition coefficient (Wildman–Crippen LogP) is 9.27. The van der Waals surface area contributed by atoms with Crippen LogP contribution in [0.2, 0.25) is 0 Å². The number of esters is 2. The molecule has 11 atom stereocenters. The molecule has 15 heteroatoms. The molecular formula is C57H102O15. The van der Waals surface area contributed by atoms with E-state index in [4.69, 9.17) is 28.4 Å². The maximum absolute atomic E-state index is 13.1. The predicted molar refractivity (Wildman–Crippen MR) is 280 cm³/mol. The minimum atomic E-state index is -1.77. The fourth-order valence-electron chi connectivity index (χ4n) is 8.89. The highest BCUT2D eigenvalue weighted by molar-refractivity contribution is 5.70. The number of ether oxygens (including phenoxy) is 6. The molecule has 2 rings (SSSR count). The maximum atomic E-state index is 13.1. The number of aliphatic hydroxyl groups is 7. The Morgan fingerprint density at radius 2 is 0.833 bits per heavy atom. The summed E-state index contributed by atoms with van der Waals surface area (Å²) < 4.78 is 33.7. The molecule has 11 unspecified atom stereocenters. The van der Waals surface area contributed by atoms with Crippen molar-refractivity contribution in [3.63, 3.8) is 0 Å². The van der Waals surface area contributed by atoms with Crippen molar-refractivity contribution in [1.82, 2.24) is 0 Å². The summed E-state index contributed by atoms with van der Waals surface area (Å²) >= 11 is 0. The van der Waals surface area contributed by atoms with Gasteiger partial charge in [0.2, 0.25) is 0 Å². The molecule has 0 radical (unpaired) electrons. The van der Waals surface area contributed by atoms with E-state index in [1.165, 1.54) is 103 Å². The molecule has 0 saturated carbocycles. The van der Waals surface area contributed by atoms with Crippen molar-refractivity contribution in [1.29, 1.82) is 0 Å². The molecule has 7 N–H and O–H groups in total. The topological polar surface area (TPSA) is 231 Å². The van der Waals surface area contributed by atoms with Gasteiger partial charge in [0.15, 0.2) is 18.7 Å². The molecule has 2 aliphatic heterocycles. The van der Waals surface area contributed by atoms with Gasteiger partial charge in [-0.05, 0) is 70.6 Å².